The molecule has 2 bridgehead atoms. The molecular formula is C52H83N3O9. The Labute approximate surface area is 382 Å². The van der Waals surface area contributed by atoms with Crippen LogP contribution in [-0.2, 0) is 9.53 Å². The van der Waals surface area contributed by atoms with Gasteiger partial charge in [0.2, 0.25) is 0 Å². The van der Waals surface area contributed by atoms with Crippen molar-refractivity contribution in [1.82, 2.24) is 10.6 Å². The van der Waals surface area contributed by atoms with E-state index in [0.29, 0.717) is 75.0 Å². The topological polar surface area (TPSA) is 218 Å². The third-order valence-corrected chi connectivity index (χ3v) is 20.1. The van der Waals surface area contributed by atoms with Crippen LogP contribution >= 0.6 is 0 Å². The van der Waals surface area contributed by atoms with Gasteiger partial charge < -0.3 is 56.8 Å². The molecule has 0 amide bonds. The molecule has 0 radical (unpaired) electrons. The van der Waals surface area contributed by atoms with Gasteiger partial charge in [-0.25, -0.2) is 0 Å². The van der Waals surface area contributed by atoms with Crippen LogP contribution in [0.2, 0.25) is 0 Å². The summed E-state index contributed by atoms with van der Waals surface area (Å²) in [6.45, 7) is 7.98. The minimum Gasteiger partial charge on any atom is -0.396 e. The van der Waals surface area contributed by atoms with Crippen molar-refractivity contribution in [2.45, 2.75) is 210 Å². The summed E-state index contributed by atoms with van der Waals surface area (Å²) >= 11 is 0. The fourth-order valence-corrected chi connectivity index (χ4v) is 17.2. The Kier molecular flexibility index (Phi) is 13.0. The van der Waals surface area contributed by atoms with Crippen molar-refractivity contribution in [2.75, 3.05) is 13.2 Å². The fourth-order valence-electron chi connectivity index (χ4n) is 17.2. The van der Waals surface area contributed by atoms with E-state index in [1.165, 1.54) is 19.3 Å². The van der Waals surface area contributed by atoms with Gasteiger partial charge >= 0.3 is 0 Å². The average molecular weight is 894 g/mol. The number of fused-ring (bicyclic) bond motifs is 6. The first-order valence-corrected chi connectivity index (χ1v) is 25.9. The number of carbonyl (C=O) groups excluding carboxylic acids is 1. The number of hydrogen-bond donors (Lipinski definition) is 10. The molecule has 0 spiro atoms. The van der Waals surface area contributed by atoms with Gasteiger partial charge in [0.1, 0.15) is 5.60 Å². The molecule has 64 heavy (non-hydrogen) atoms. The molecule has 12 heteroatoms. The van der Waals surface area contributed by atoms with Crippen molar-refractivity contribution in [3.05, 3.63) is 34.7 Å². The van der Waals surface area contributed by atoms with E-state index < -0.39 is 69.8 Å². The Morgan fingerprint density at radius 1 is 1.00 bits per heavy atom. The van der Waals surface area contributed by atoms with E-state index in [1.807, 2.05) is 13.0 Å². The maximum absolute atomic E-state index is 15.7. The van der Waals surface area contributed by atoms with E-state index in [2.05, 4.69) is 30.6 Å². The quantitative estimate of drug-likeness (QED) is 0.125. The van der Waals surface area contributed by atoms with Gasteiger partial charge in [-0.1, -0.05) is 52.0 Å². The highest BCUT2D eigenvalue weighted by Gasteiger charge is 2.76. The smallest absolute Gasteiger partial charge is 0.182 e. The molecule has 9 rings (SSSR count). The summed E-state index contributed by atoms with van der Waals surface area (Å²) in [5, 5.41) is 91.5. The van der Waals surface area contributed by atoms with Gasteiger partial charge in [-0.05, 0) is 174 Å². The van der Waals surface area contributed by atoms with Crippen molar-refractivity contribution >= 4 is 5.78 Å². The maximum Gasteiger partial charge on any atom is 0.182 e. The molecule has 6 saturated carbocycles. The largest absolute Gasteiger partial charge is 0.396 e. The Bertz CT molecular complexity index is 1850. The number of aliphatic hydroxyl groups excluding tert-OH is 4. The number of hydrogen-bond acceptors (Lipinski definition) is 12. The molecule has 0 aromatic rings. The van der Waals surface area contributed by atoms with Gasteiger partial charge in [0.05, 0.1) is 53.6 Å². The molecule has 360 valence electrons. The number of ether oxygens (including phenoxy) is 1. The van der Waals surface area contributed by atoms with Crippen LogP contribution < -0.4 is 16.4 Å². The summed E-state index contributed by atoms with van der Waals surface area (Å²) < 4.78 is 7.08. The summed E-state index contributed by atoms with van der Waals surface area (Å²) in [5.74, 6) is -0.949. The molecule has 1 saturated heterocycles. The number of nitrogens with two attached hydrogens (primary N) is 1. The molecule has 9 aliphatic rings. The zero-order chi connectivity index (χ0) is 45.6. The SMILES string of the molecule is CCCC1CCC2OC3C(CCCCC3(O)C(C)(O)C3CCC4(O)C5=C(NCC(C)O)C(=O)C6C7CCC(CC8=C(CCCO)NC(N)C=C8)C6(CC(O)C7O)C5CCC34C)C2CC1. The second kappa shape index (κ2) is 17.6. The first-order chi connectivity index (χ1) is 30.5. The van der Waals surface area contributed by atoms with E-state index in [9.17, 15) is 35.7 Å². The zero-order valence-electron chi connectivity index (χ0n) is 39.3. The van der Waals surface area contributed by atoms with Crippen LogP contribution in [0.3, 0.4) is 0 Å². The standard InChI is InChI=1S/C52H83N3O9/c1-5-9-30-12-16-33-34-10-6-7-22-52(63,47(34)64-39(33)18-13-30)49(4,61)40-21-24-51(62)43-36(20-23-48(40,51)3)50-27-38(58)45(59)35(42(50)46(60)44(43)54-28-29(2)57)17-15-32(50)26-31-14-19-41(53)55-37(31)11-8-25-56/h14,19,29-30,32-36,38-42,45,47,54-59,61-63H,5-13,15-18,20-28,53H2,1-4H3. The molecule has 7 fully saturated rings. The average Bonchev–Trinajstić information content (AvgIpc) is 3.59. The van der Waals surface area contributed by atoms with Gasteiger partial charge in [-0.2, -0.15) is 0 Å². The van der Waals surface area contributed by atoms with Crippen molar-refractivity contribution in [3.8, 4) is 0 Å². The van der Waals surface area contributed by atoms with Gasteiger partial charge in [-0.3, -0.25) is 4.79 Å². The number of dihydropyridines is 1. The molecule has 11 N–H and O–H groups in total. The van der Waals surface area contributed by atoms with Crippen LogP contribution in [0.1, 0.15) is 156 Å². The monoisotopic (exact) mass is 894 g/mol. The Balaban J connectivity index is 1.11. The van der Waals surface area contributed by atoms with Gasteiger partial charge in [-0.15, -0.1) is 0 Å². The molecule has 19 unspecified atom stereocenters. The van der Waals surface area contributed by atoms with Crippen molar-refractivity contribution in [3.63, 3.8) is 0 Å². The molecule has 2 aliphatic heterocycles. The van der Waals surface area contributed by atoms with Crippen LogP contribution in [0, 0.1) is 58.2 Å². The van der Waals surface area contributed by atoms with E-state index >= 15 is 4.79 Å². The van der Waals surface area contributed by atoms with E-state index in [0.717, 1.165) is 62.1 Å². The maximum atomic E-state index is 15.7. The second-order valence-corrected chi connectivity index (χ2v) is 23.2. The highest BCUT2D eigenvalue weighted by molar-refractivity contribution is 6.00. The van der Waals surface area contributed by atoms with Gasteiger partial charge in [0.25, 0.3) is 0 Å². The van der Waals surface area contributed by atoms with Crippen LogP contribution in [0.5, 0.6) is 0 Å². The minimum absolute atomic E-state index is 0.0447. The minimum atomic E-state index is -1.63. The molecule has 19 atom stereocenters. The number of nitrogens with one attached hydrogen (secondary N) is 2. The van der Waals surface area contributed by atoms with Gasteiger partial charge in [0, 0.05) is 30.2 Å². The first-order valence-electron chi connectivity index (χ1n) is 25.9. The van der Waals surface area contributed by atoms with Crippen LogP contribution in [0.15, 0.2) is 34.7 Å². The molecule has 12 nitrogen and oxygen atoms in total. The van der Waals surface area contributed by atoms with E-state index in [4.69, 9.17) is 10.5 Å². The number of carbonyl (C=O) groups is 1. The summed E-state index contributed by atoms with van der Waals surface area (Å²) in [5.41, 5.74) is 2.89. The van der Waals surface area contributed by atoms with Crippen LogP contribution in [0.25, 0.3) is 0 Å². The number of aliphatic hydroxyl groups is 7. The van der Waals surface area contributed by atoms with Crippen LogP contribution in [0.4, 0.5) is 0 Å². The molecule has 0 aromatic carbocycles. The fraction of sp³-hybridized carbons (Fsp3) is 0.865. The third kappa shape index (κ3) is 7.18. The second-order valence-electron chi connectivity index (χ2n) is 23.2. The Morgan fingerprint density at radius 2 is 1.77 bits per heavy atom. The van der Waals surface area contributed by atoms with E-state index in [1.54, 1.807) is 6.92 Å². The molecule has 2 heterocycles. The lowest BCUT2D eigenvalue weighted by Crippen LogP contribution is -2.71. The zero-order valence-corrected chi connectivity index (χ0v) is 39.3. The summed E-state index contributed by atoms with van der Waals surface area (Å²) in [6.07, 6.45) is 15.6. The number of rotatable bonds is 12. The van der Waals surface area contributed by atoms with Gasteiger partial charge in [0.15, 0.2) is 5.78 Å². The van der Waals surface area contributed by atoms with Crippen molar-refractivity contribution < 1.29 is 45.3 Å². The first kappa shape index (κ1) is 47.2. The highest BCUT2D eigenvalue weighted by atomic mass is 16.5. The summed E-state index contributed by atoms with van der Waals surface area (Å²) in [6, 6.07) is 0. The van der Waals surface area contributed by atoms with Crippen LogP contribution in [-0.4, -0.2) is 108 Å². The van der Waals surface area contributed by atoms with Crippen molar-refractivity contribution in [1.29, 1.82) is 0 Å². The normalized spacial score (nSPS) is 47.9. The molecule has 7 aliphatic carbocycles. The third-order valence-electron chi connectivity index (χ3n) is 20.1. The summed E-state index contributed by atoms with van der Waals surface area (Å²) in [7, 11) is 0. The van der Waals surface area contributed by atoms with E-state index in [-0.39, 0.29) is 55.4 Å². The number of ketones is 1. The number of Topliss-reactive ketones (excluding diaryl/α,β-unsaturated/α-hetero) is 1. The summed E-state index contributed by atoms with van der Waals surface area (Å²) in [4.78, 5) is 15.7. The highest BCUT2D eigenvalue weighted by Crippen LogP contribution is 2.74. The predicted octanol–water partition coefficient (Wildman–Crippen LogP) is 5.01. The molecular weight excluding hydrogens is 811 g/mol. The lowest BCUT2D eigenvalue weighted by molar-refractivity contribution is -0.254. The molecule has 0 aromatic heterocycles. The lowest BCUT2D eigenvalue weighted by atomic mass is 9.37. The van der Waals surface area contributed by atoms with Crippen molar-refractivity contribution in [2.24, 2.45) is 63.9 Å². The lowest BCUT2D eigenvalue weighted by Gasteiger charge is -2.67. The Hall–Kier alpha value is -1.87. The Morgan fingerprint density at radius 3 is 2.52 bits per heavy atom. The number of allylic oxidation sites excluding steroid dienone is 4. The predicted molar refractivity (Wildman–Crippen MR) is 244 cm³/mol.